The Labute approximate surface area is 53.8 Å². The van der Waals surface area contributed by atoms with Gasteiger partial charge in [0.25, 0.3) is 0 Å². The van der Waals surface area contributed by atoms with E-state index in [1.54, 1.807) is 0 Å². The van der Waals surface area contributed by atoms with E-state index in [2.05, 4.69) is 0 Å². The Morgan fingerprint density at radius 2 is 1.25 bits per heavy atom. The van der Waals surface area contributed by atoms with Crippen LogP contribution in [0.2, 0.25) is 0 Å². The molecule has 0 saturated carbocycles. The van der Waals surface area contributed by atoms with Gasteiger partial charge in [0.2, 0.25) is 0 Å². The van der Waals surface area contributed by atoms with Crippen LogP contribution in [0.25, 0.3) is 0 Å². The second-order valence-electron chi connectivity index (χ2n) is 0. The molecule has 0 unspecified atom stereocenters. The molecule has 0 fully saturated rings. The van der Waals surface area contributed by atoms with Crippen molar-refractivity contribution in [2.24, 2.45) is 0 Å². The zero-order chi connectivity index (χ0) is 2.00. The van der Waals surface area contributed by atoms with Crippen molar-refractivity contribution in [3.05, 3.63) is 0 Å². The third-order valence-corrected chi connectivity index (χ3v) is 0. The molecule has 1 nitrogen and oxygen atoms in total. The van der Waals surface area contributed by atoms with Crippen molar-refractivity contribution in [3.63, 3.8) is 0 Å². The van der Waals surface area contributed by atoms with Gasteiger partial charge in [-0.15, -0.1) is 0 Å². The van der Waals surface area contributed by atoms with E-state index in [0.717, 1.165) is 0 Å². The van der Waals surface area contributed by atoms with E-state index in [1.165, 1.54) is 16.2 Å². The van der Waals surface area contributed by atoms with Crippen molar-refractivity contribution < 1.29 is 53.9 Å². The zero-order valence-electron chi connectivity index (χ0n) is 1.50. The fraction of sp³-hybridized carbons (Fsp3) is 0. The van der Waals surface area contributed by atoms with Crippen molar-refractivity contribution in [2.75, 3.05) is 0 Å². The van der Waals surface area contributed by atoms with Gasteiger partial charge in [-0.1, -0.05) is 0 Å². The summed E-state index contributed by atoms with van der Waals surface area (Å²) in [6, 6.07) is 0. The predicted molar refractivity (Wildman–Crippen MR) is 0.686 cm³/mol. The molecule has 4 heteroatoms. The normalized spacial score (nSPS) is 1.00. The molecule has 4 heavy (non-hydrogen) atoms. The first kappa shape index (κ1) is 18.3. The maximum atomic E-state index is 8.12. The molecule has 0 aliphatic heterocycles. The van der Waals surface area contributed by atoms with Gasteiger partial charge in [-0.25, -0.2) is 0 Å². The van der Waals surface area contributed by atoms with E-state index in [4.69, 9.17) is 3.80 Å². The predicted octanol–water partition coefficient (Wildman–Crippen LogP) is -0.126. The molecule has 0 bridgehead atoms. The summed E-state index contributed by atoms with van der Waals surface area (Å²) in [7, 11) is 0. The Balaban J connectivity index is -0.00000000500. The van der Waals surface area contributed by atoms with E-state index >= 15 is 0 Å². The van der Waals surface area contributed by atoms with Crippen LogP contribution in [0.15, 0.2) is 0 Å². The van der Waals surface area contributed by atoms with Gasteiger partial charge in [0.15, 0.2) is 0 Å². The van der Waals surface area contributed by atoms with Crippen LogP contribution < -0.4 is 0 Å². The molecule has 0 aromatic heterocycles. The number of hydrogen-bond acceptors (Lipinski definition) is 1. The molecular formula is CoCrFeO. The van der Waals surface area contributed by atoms with E-state index in [9.17, 15) is 0 Å². The summed E-state index contributed by atoms with van der Waals surface area (Å²) in [6.07, 6.45) is 0. The van der Waals surface area contributed by atoms with Crippen molar-refractivity contribution in [2.45, 2.75) is 0 Å². The van der Waals surface area contributed by atoms with Crippen LogP contribution >= 0.6 is 0 Å². The molecule has 0 aromatic carbocycles. The third kappa shape index (κ3) is 10.1. The molecule has 0 aliphatic rings. The van der Waals surface area contributed by atoms with E-state index < -0.39 is 0 Å². The minimum atomic E-state index is 0. The summed E-state index contributed by atoms with van der Waals surface area (Å²) in [5.41, 5.74) is 0. The first-order valence-electron chi connectivity index (χ1n) is 0.167. The molecule has 0 aliphatic carbocycles. The van der Waals surface area contributed by atoms with Crippen LogP contribution in [0.4, 0.5) is 0 Å². The fourth-order valence-corrected chi connectivity index (χ4v) is 0. The van der Waals surface area contributed by atoms with Gasteiger partial charge in [0, 0.05) is 33.8 Å². The summed E-state index contributed by atoms with van der Waals surface area (Å²) in [6.45, 7) is 0. The Bertz CT molecular complexity index is 8.00. The van der Waals surface area contributed by atoms with Crippen LogP contribution in [0, 0.1) is 0 Å². The fourth-order valence-electron chi connectivity index (χ4n) is 0. The van der Waals surface area contributed by atoms with Crippen molar-refractivity contribution in [3.8, 4) is 0 Å². The molecule has 0 atom stereocenters. The van der Waals surface area contributed by atoms with Crippen LogP contribution in [-0.4, -0.2) is 0 Å². The second kappa shape index (κ2) is 26.6. The van der Waals surface area contributed by atoms with Crippen molar-refractivity contribution in [1.29, 1.82) is 0 Å². The summed E-state index contributed by atoms with van der Waals surface area (Å²) >= 11 is 1.38. The second-order valence-corrected chi connectivity index (χ2v) is 0. The molecule has 0 heterocycles. The standard InChI is InChI=1S/Co.Cr.Fe.O. The molecule has 0 spiro atoms. The zero-order valence-corrected chi connectivity index (χ0v) is 4.92. The first-order chi connectivity index (χ1) is 1.00. The van der Waals surface area contributed by atoms with E-state index in [1.807, 2.05) is 0 Å². The molecular weight excluding hydrogens is 183 g/mol. The van der Waals surface area contributed by atoms with Crippen LogP contribution in [0.1, 0.15) is 0 Å². The maximum absolute atomic E-state index is 8.12. The van der Waals surface area contributed by atoms with Crippen LogP contribution in [0.3, 0.4) is 0 Å². The quantitative estimate of drug-likeness (QED) is 0.478. The van der Waals surface area contributed by atoms with Gasteiger partial charge in [0.05, 0.1) is 0 Å². The van der Waals surface area contributed by atoms with Gasteiger partial charge in [0.1, 0.15) is 0 Å². The Kier molecular flexibility index (Phi) is 122. The summed E-state index contributed by atoms with van der Waals surface area (Å²) in [5.74, 6) is 0. The number of hydrogen-bond donors (Lipinski definition) is 0. The molecule has 0 aromatic rings. The SMILES string of the molecule is [Co].[Fe].[O]=[Cr]. The molecule has 29 valence electrons. The van der Waals surface area contributed by atoms with Crippen LogP contribution in [0.5, 0.6) is 0 Å². The van der Waals surface area contributed by atoms with Crippen LogP contribution in [-0.2, 0) is 53.9 Å². The van der Waals surface area contributed by atoms with Gasteiger partial charge in [-0.05, 0) is 0 Å². The monoisotopic (exact) mass is 183 g/mol. The van der Waals surface area contributed by atoms with Gasteiger partial charge in [-0.3, -0.25) is 0 Å². The molecule has 1 radical (unpaired) electrons. The summed E-state index contributed by atoms with van der Waals surface area (Å²) in [5, 5.41) is 0. The number of rotatable bonds is 0. The molecule has 0 rings (SSSR count). The topological polar surface area (TPSA) is 17.1 Å². The Morgan fingerprint density at radius 1 is 1.25 bits per heavy atom. The van der Waals surface area contributed by atoms with Gasteiger partial charge in [-0.2, -0.15) is 0 Å². The Hall–Kier alpha value is 1.36. The van der Waals surface area contributed by atoms with Gasteiger partial charge >= 0.3 is 20.0 Å². The average Bonchev–Trinajstić information content (AvgIpc) is 1.00. The third-order valence-electron chi connectivity index (χ3n) is 0. The molecule has 0 N–H and O–H groups in total. The first-order valence-corrected chi connectivity index (χ1v) is 0.687. The van der Waals surface area contributed by atoms with E-state index in [-0.39, 0.29) is 33.8 Å². The van der Waals surface area contributed by atoms with Gasteiger partial charge < -0.3 is 0 Å². The Morgan fingerprint density at radius 3 is 1.25 bits per heavy atom. The minimum absolute atomic E-state index is 0. The average molecular weight is 183 g/mol. The summed E-state index contributed by atoms with van der Waals surface area (Å²) in [4.78, 5) is 0. The summed E-state index contributed by atoms with van der Waals surface area (Å²) < 4.78 is 8.12. The van der Waals surface area contributed by atoms with E-state index in [0.29, 0.717) is 0 Å². The molecule has 0 amide bonds. The van der Waals surface area contributed by atoms with Crippen molar-refractivity contribution in [1.82, 2.24) is 0 Å². The van der Waals surface area contributed by atoms with Crippen molar-refractivity contribution >= 4 is 0 Å². The molecule has 0 saturated heterocycles.